The van der Waals surface area contributed by atoms with Crippen molar-refractivity contribution >= 4 is 22.4 Å². The van der Waals surface area contributed by atoms with Gasteiger partial charge in [0.05, 0.1) is 5.69 Å². The first kappa shape index (κ1) is 11.0. The number of rotatable bonds is 5. The molecule has 0 radical (unpaired) electrons. The minimum atomic E-state index is -0.743. The fourth-order valence-electron chi connectivity index (χ4n) is 1.04. The zero-order chi connectivity index (χ0) is 10.6. The number of anilines is 1. The molecule has 14 heavy (non-hydrogen) atoms. The topological polar surface area (TPSA) is 53.4 Å². The Morgan fingerprint density at radius 1 is 1.64 bits per heavy atom. The van der Waals surface area contributed by atoms with Gasteiger partial charge in [0.1, 0.15) is 0 Å². The molecule has 78 valence electrons. The van der Waals surface area contributed by atoms with Crippen molar-refractivity contribution in [3.63, 3.8) is 0 Å². The molecule has 5 heteroatoms. The number of hydrogen-bond acceptors (Lipinski definition) is 4. The Morgan fingerprint density at radius 3 is 2.86 bits per heavy atom. The first-order chi connectivity index (χ1) is 6.59. The monoisotopic (exact) mass is 214 g/mol. The van der Waals surface area contributed by atoms with E-state index in [1.165, 1.54) is 0 Å². The standard InChI is InChI=1S/C9H14N2O2S/c1-11(2)9-10-7(6-14-9)4-3-5-8(12)13/h6H,3-5H2,1-2H3,(H,12,13). The molecule has 0 atom stereocenters. The average Bonchev–Trinajstić information content (AvgIpc) is 2.52. The number of carboxylic acid groups (broad SMARTS) is 1. The second-order valence-corrected chi connectivity index (χ2v) is 4.10. The van der Waals surface area contributed by atoms with Gasteiger partial charge in [-0.25, -0.2) is 4.98 Å². The Bertz CT molecular complexity index is 310. The highest BCUT2D eigenvalue weighted by atomic mass is 32.1. The Balaban J connectivity index is 2.40. The third kappa shape index (κ3) is 3.33. The van der Waals surface area contributed by atoms with E-state index in [1.54, 1.807) is 11.3 Å². The summed E-state index contributed by atoms with van der Waals surface area (Å²) in [7, 11) is 3.89. The van der Waals surface area contributed by atoms with Gasteiger partial charge in [0.25, 0.3) is 0 Å². The SMILES string of the molecule is CN(C)c1nc(CCCC(=O)O)cs1. The minimum absolute atomic E-state index is 0.217. The lowest BCUT2D eigenvalue weighted by atomic mass is 10.2. The predicted molar refractivity (Wildman–Crippen MR) is 57.0 cm³/mol. The summed E-state index contributed by atoms with van der Waals surface area (Å²) in [6, 6.07) is 0. The molecular formula is C9H14N2O2S. The zero-order valence-corrected chi connectivity index (χ0v) is 9.17. The van der Waals surface area contributed by atoms with Gasteiger partial charge in [0.2, 0.25) is 0 Å². The molecular weight excluding hydrogens is 200 g/mol. The molecule has 1 rings (SSSR count). The Hall–Kier alpha value is -1.10. The number of carbonyl (C=O) groups is 1. The van der Waals surface area contributed by atoms with Gasteiger partial charge in [-0.15, -0.1) is 11.3 Å². The van der Waals surface area contributed by atoms with Crippen LogP contribution >= 0.6 is 11.3 Å². The van der Waals surface area contributed by atoms with Crippen molar-refractivity contribution < 1.29 is 9.90 Å². The van der Waals surface area contributed by atoms with Gasteiger partial charge in [-0.05, 0) is 12.8 Å². The van der Waals surface area contributed by atoms with E-state index in [2.05, 4.69) is 4.98 Å². The molecule has 1 N–H and O–H groups in total. The van der Waals surface area contributed by atoms with Crippen molar-refractivity contribution in [1.29, 1.82) is 0 Å². The van der Waals surface area contributed by atoms with Gasteiger partial charge in [-0.3, -0.25) is 4.79 Å². The lowest BCUT2D eigenvalue weighted by Gasteiger charge is -2.05. The highest BCUT2D eigenvalue weighted by Gasteiger charge is 2.04. The molecule has 0 aliphatic heterocycles. The van der Waals surface area contributed by atoms with E-state index < -0.39 is 5.97 Å². The van der Waals surface area contributed by atoms with Crippen molar-refractivity contribution in [2.45, 2.75) is 19.3 Å². The first-order valence-electron chi connectivity index (χ1n) is 4.43. The number of aromatic nitrogens is 1. The number of carboxylic acids is 1. The predicted octanol–water partition coefficient (Wildman–Crippen LogP) is 1.62. The van der Waals surface area contributed by atoms with Gasteiger partial charge in [0, 0.05) is 25.9 Å². The summed E-state index contributed by atoms with van der Waals surface area (Å²) in [6.07, 6.45) is 1.62. The maximum atomic E-state index is 10.3. The van der Waals surface area contributed by atoms with Crippen LogP contribution in [0.2, 0.25) is 0 Å². The maximum absolute atomic E-state index is 10.3. The van der Waals surface area contributed by atoms with E-state index >= 15 is 0 Å². The molecule has 0 saturated heterocycles. The number of nitrogens with zero attached hydrogens (tertiary/aromatic N) is 2. The molecule has 0 saturated carbocycles. The fraction of sp³-hybridized carbons (Fsp3) is 0.556. The Morgan fingerprint density at radius 2 is 2.36 bits per heavy atom. The average molecular weight is 214 g/mol. The minimum Gasteiger partial charge on any atom is -0.481 e. The van der Waals surface area contributed by atoms with Crippen LogP contribution in [0.15, 0.2) is 5.38 Å². The van der Waals surface area contributed by atoms with Crippen LogP contribution in [0.1, 0.15) is 18.5 Å². The lowest BCUT2D eigenvalue weighted by molar-refractivity contribution is -0.137. The van der Waals surface area contributed by atoms with Crippen LogP contribution in [-0.4, -0.2) is 30.2 Å². The summed E-state index contributed by atoms with van der Waals surface area (Å²) in [5.41, 5.74) is 0.986. The summed E-state index contributed by atoms with van der Waals surface area (Å²) < 4.78 is 0. The van der Waals surface area contributed by atoms with Crippen LogP contribution in [0.3, 0.4) is 0 Å². The summed E-state index contributed by atoms with van der Waals surface area (Å²) in [5, 5.41) is 11.4. The van der Waals surface area contributed by atoms with E-state index in [0.717, 1.165) is 17.2 Å². The number of hydrogen-bond donors (Lipinski definition) is 1. The van der Waals surface area contributed by atoms with Crippen molar-refractivity contribution in [3.8, 4) is 0 Å². The van der Waals surface area contributed by atoms with Crippen LogP contribution in [0.25, 0.3) is 0 Å². The smallest absolute Gasteiger partial charge is 0.303 e. The zero-order valence-electron chi connectivity index (χ0n) is 8.36. The summed E-state index contributed by atoms with van der Waals surface area (Å²) in [6.45, 7) is 0. The second-order valence-electron chi connectivity index (χ2n) is 3.26. The van der Waals surface area contributed by atoms with Gasteiger partial charge in [-0.1, -0.05) is 0 Å². The van der Waals surface area contributed by atoms with Crippen LogP contribution < -0.4 is 4.90 Å². The van der Waals surface area contributed by atoms with Crippen LogP contribution in [0.4, 0.5) is 5.13 Å². The highest BCUT2D eigenvalue weighted by molar-refractivity contribution is 7.13. The van der Waals surface area contributed by atoms with E-state index in [-0.39, 0.29) is 6.42 Å². The summed E-state index contributed by atoms with van der Waals surface area (Å²) in [4.78, 5) is 16.6. The number of aliphatic carboxylic acids is 1. The lowest BCUT2D eigenvalue weighted by Crippen LogP contribution is -2.08. The molecule has 0 aromatic carbocycles. The Labute approximate surface area is 87.2 Å². The van der Waals surface area contributed by atoms with Gasteiger partial charge >= 0.3 is 5.97 Å². The van der Waals surface area contributed by atoms with Crippen LogP contribution in [-0.2, 0) is 11.2 Å². The fourth-order valence-corrected chi connectivity index (χ4v) is 1.83. The van der Waals surface area contributed by atoms with Crippen LogP contribution in [0, 0.1) is 0 Å². The summed E-state index contributed by atoms with van der Waals surface area (Å²) >= 11 is 1.58. The van der Waals surface area contributed by atoms with E-state index in [9.17, 15) is 4.79 Å². The second kappa shape index (κ2) is 4.95. The van der Waals surface area contributed by atoms with E-state index in [4.69, 9.17) is 5.11 Å². The number of thiazole rings is 1. The first-order valence-corrected chi connectivity index (χ1v) is 5.31. The molecule has 0 amide bonds. The molecule has 0 spiro atoms. The molecule has 0 aliphatic rings. The third-order valence-corrected chi connectivity index (χ3v) is 2.80. The molecule has 1 aromatic heterocycles. The Kier molecular flexibility index (Phi) is 3.88. The van der Waals surface area contributed by atoms with Crippen molar-refractivity contribution in [2.75, 3.05) is 19.0 Å². The van der Waals surface area contributed by atoms with E-state index in [1.807, 2.05) is 24.4 Å². The van der Waals surface area contributed by atoms with E-state index in [0.29, 0.717) is 6.42 Å². The summed E-state index contributed by atoms with van der Waals surface area (Å²) in [5.74, 6) is -0.743. The molecule has 1 heterocycles. The van der Waals surface area contributed by atoms with Crippen LogP contribution in [0.5, 0.6) is 0 Å². The quantitative estimate of drug-likeness (QED) is 0.809. The van der Waals surface area contributed by atoms with Crippen molar-refractivity contribution in [1.82, 2.24) is 4.98 Å². The number of aryl methyl sites for hydroxylation is 1. The molecule has 4 nitrogen and oxygen atoms in total. The van der Waals surface area contributed by atoms with Crippen molar-refractivity contribution in [3.05, 3.63) is 11.1 Å². The van der Waals surface area contributed by atoms with Gasteiger partial charge in [-0.2, -0.15) is 0 Å². The molecule has 1 aromatic rings. The molecule has 0 bridgehead atoms. The molecule has 0 aliphatic carbocycles. The largest absolute Gasteiger partial charge is 0.481 e. The molecule has 0 fully saturated rings. The van der Waals surface area contributed by atoms with Crippen molar-refractivity contribution in [2.24, 2.45) is 0 Å². The highest BCUT2D eigenvalue weighted by Crippen LogP contribution is 2.18. The normalized spacial score (nSPS) is 10.1. The van der Waals surface area contributed by atoms with Gasteiger partial charge < -0.3 is 10.0 Å². The maximum Gasteiger partial charge on any atom is 0.303 e. The van der Waals surface area contributed by atoms with Gasteiger partial charge in [0.15, 0.2) is 5.13 Å². The third-order valence-electron chi connectivity index (χ3n) is 1.75. The molecule has 0 unspecified atom stereocenters.